The molecule has 0 bridgehead atoms. The molecule has 2 aliphatic heterocycles. The Bertz CT molecular complexity index is 1040. The highest BCUT2D eigenvalue weighted by Crippen LogP contribution is 2.33. The maximum Gasteiger partial charge on any atom is 0.169 e. The van der Waals surface area contributed by atoms with E-state index >= 15 is 0 Å². The van der Waals surface area contributed by atoms with E-state index < -0.39 is 0 Å². The first-order valence-corrected chi connectivity index (χ1v) is 10.1. The molecule has 1 unspecified atom stereocenters. The van der Waals surface area contributed by atoms with Gasteiger partial charge < -0.3 is 18.9 Å². The average molecular weight is 389 g/mol. The molecule has 1 atom stereocenters. The van der Waals surface area contributed by atoms with Crippen LogP contribution in [0.5, 0.6) is 5.75 Å². The summed E-state index contributed by atoms with van der Waals surface area (Å²) < 4.78 is 14.3. The number of aromatic nitrogens is 3. The molecule has 1 aromatic carbocycles. The minimum absolute atomic E-state index is 0.150. The summed E-state index contributed by atoms with van der Waals surface area (Å²) in [7, 11) is 0. The molecule has 0 radical (unpaired) electrons. The molecule has 7 nitrogen and oxygen atoms in total. The van der Waals surface area contributed by atoms with Gasteiger partial charge in [0.05, 0.1) is 29.9 Å². The van der Waals surface area contributed by atoms with Gasteiger partial charge >= 0.3 is 0 Å². The van der Waals surface area contributed by atoms with E-state index in [-0.39, 0.29) is 6.10 Å². The van der Waals surface area contributed by atoms with Gasteiger partial charge in [-0.3, -0.25) is 0 Å². The Hall–Kier alpha value is -3.11. The number of hydrogen-bond donors (Lipinski definition) is 0. The molecule has 0 spiro atoms. The van der Waals surface area contributed by atoms with E-state index in [9.17, 15) is 5.26 Å². The first-order chi connectivity index (χ1) is 14.3. The minimum atomic E-state index is 0.150. The van der Waals surface area contributed by atoms with Crippen molar-refractivity contribution in [2.24, 2.45) is 0 Å². The summed E-state index contributed by atoms with van der Waals surface area (Å²) in [5.74, 6) is 1.61. The molecule has 0 saturated carbocycles. The topological polar surface area (TPSA) is 76.2 Å². The second-order valence-corrected chi connectivity index (χ2v) is 7.61. The Balaban J connectivity index is 1.29. The van der Waals surface area contributed by atoms with E-state index in [0.717, 1.165) is 56.7 Å². The molecule has 29 heavy (non-hydrogen) atoms. The fourth-order valence-corrected chi connectivity index (χ4v) is 4.33. The van der Waals surface area contributed by atoms with Crippen LogP contribution in [0.25, 0.3) is 10.9 Å². The second-order valence-electron chi connectivity index (χ2n) is 7.61. The quantitative estimate of drug-likeness (QED) is 0.681. The number of hydrogen-bond acceptors (Lipinski definition) is 6. The van der Waals surface area contributed by atoms with Crippen molar-refractivity contribution in [1.29, 1.82) is 5.26 Å². The number of rotatable bonds is 4. The predicted octanol–water partition coefficient (Wildman–Crippen LogP) is 3.31. The molecule has 7 heteroatoms. The molecule has 0 aliphatic carbocycles. The van der Waals surface area contributed by atoms with Gasteiger partial charge in [0.1, 0.15) is 17.9 Å². The largest absolute Gasteiger partial charge is 0.490 e. The third-order valence-corrected chi connectivity index (χ3v) is 5.88. The minimum Gasteiger partial charge on any atom is -0.490 e. The van der Waals surface area contributed by atoms with Gasteiger partial charge in [0, 0.05) is 44.1 Å². The zero-order valence-electron chi connectivity index (χ0n) is 16.2. The Kier molecular flexibility index (Phi) is 4.78. The Morgan fingerprint density at radius 3 is 2.83 bits per heavy atom. The van der Waals surface area contributed by atoms with Gasteiger partial charge in [-0.1, -0.05) is 6.07 Å². The van der Waals surface area contributed by atoms with Crippen LogP contribution in [0.1, 0.15) is 30.9 Å². The molecule has 148 valence electrons. The number of fused-ring (bicyclic) bond motifs is 1. The van der Waals surface area contributed by atoms with E-state index in [1.54, 1.807) is 12.3 Å². The maximum atomic E-state index is 9.30. The Morgan fingerprint density at radius 2 is 2.03 bits per heavy atom. The van der Waals surface area contributed by atoms with E-state index in [0.29, 0.717) is 17.4 Å². The highest BCUT2D eigenvalue weighted by atomic mass is 16.5. The van der Waals surface area contributed by atoms with Gasteiger partial charge in [-0.05, 0) is 30.7 Å². The highest BCUT2D eigenvalue weighted by molar-refractivity contribution is 5.86. The number of piperidine rings is 1. The highest BCUT2D eigenvalue weighted by Gasteiger charge is 2.25. The smallest absolute Gasteiger partial charge is 0.169 e. The van der Waals surface area contributed by atoms with Gasteiger partial charge in [-0.15, -0.1) is 5.10 Å². The molecular formula is C22H23N5O2. The average Bonchev–Trinajstić information content (AvgIpc) is 3.44. The number of anilines is 1. The van der Waals surface area contributed by atoms with Gasteiger partial charge in [-0.2, -0.15) is 10.4 Å². The van der Waals surface area contributed by atoms with Gasteiger partial charge in [0.15, 0.2) is 5.82 Å². The lowest BCUT2D eigenvalue weighted by Gasteiger charge is -2.33. The van der Waals surface area contributed by atoms with Crippen LogP contribution in [0, 0.1) is 11.3 Å². The van der Waals surface area contributed by atoms with Gasteiger partial charge in [-0.25, -0.2) is 0 Å². The molecule has 3 aromatic rings. The van der Waals surface area contributed by atoms with Crippen LogP contribution in [0.2, 0.25) is 0 Å². The fourth-order valence-electron chi connectivity index (χ4n) is 4.33. The van der Waals surface area contributed by atoms with Crippen molar-refractivity contribution in [2.45, 2.75) is 31.4 Å². The van der Waals surface area contributed by atoms with Crippen LogP contribution in [0.4, 0.5) is 5.82 Å². The first kappa shape index (κ1) is 18.0. The number of benzene rings is 1. The van der Waals surface area contributed by atoms with Crippen LogP contribution >= 0.6 is 0 Å². The summed E-state index contributed by atoms with van der Waals surface area (Å²) in [5.41, 5.74) is 1.77. The SMILES string of the molecule is N#Cc1ccnnc1N1CCC(Oc2cccc3c2ccn3C2CCOC2)CC1. The van der Waals surface area contributed by atoms with Crippen LogP contribution in [-0.4, -0.2) is 47.2 Å². The molecule has 2 aromatic heterocycles. The molecule has 0 amide bonds. The van der Waals surface area contributed by atoms with Crippen molar-refractivity contribution in [3.8, 4) is 11.8 Å². The summed E-state index contributed by atoms with van der Waals surface area (Å²) >= 11 is 0. The zero-order chi connectivity index (χ0) is 19.6. The predicted molar refractivity (Wildman–Crippen MR) is 109 cm³/mol. The van der Waals surface area contributed by atoms with Crippen molar-refractivity contribution < 1.29 is 9.47 Å². The van der Waals surface area contributed by atoms with E-state index in [4.69, 9.17) is 9.47 Å². The molecule has 5 rings (SSSR count). The van der Waals surface area contributed by atoms with E-state index in [2.05, 4.69) is 56.2 Å². The summed E-state index contributed by atoms with van der Waals surface area (Å²) in [6.07, 6.45) is 6.68. The Morgan fingerprint density at radius 1 is 1.14 bits per heavy atom. The van der Waals surface area contributed by atoms with E-state index in [1.807, 2.05) is 0 Å². The van der Waals surface area contributed by atoms with E-state index in [1.165, 1.54) is 5.52 Å². The standard InChI is InChI=1S/C22H23N5O2/c23-14-16-4-9-24-25-22(16)26-10-5-18(6-11-26)29-21-3-1-2-20-19(21)7-12-27(20)17-8-13-28-15-17/h1-4,7,9,12,17-18H,5-6,8,10-11,13,15H2. The van der Waals surface area contributed by atoms with Crippen molar-refractivity contribution in [2.75, 3.05) is 31.2 Å². The zero-order valence-corrected chi connectivity index (χ0v) is 16.2. The Labute approximate surface area is 169 Å². The third-order valence-electron chi connectivity index (χ3n) is 5.88. The fraction of sp³-hybridized carbons (Fsp3) is 0.409. The molecule has 0 N–H and O–H groups in total. The molecule has 2 aliphatic rings. The number of ether oxygens (including phenoxy) is 2. The molecular weight excluding hydrogens is 366 g/mol. The molecule has 2 saturated heterocycles. The van der Waals surface area contributed by atoms with Crippen LogP contribution in [0.3, 0.4) is 0 Å². The lowest BCUT2D eigenvalue weighted by Crippen LogP contribution is -2.39. The lowest BCUT2D eigenvalue weighted by atomic mass is 10.1. The van der Waals surface area contributed by atoms with Crippen molar-refractivity contribution in [3.63, 3.8) is 0 Å². The normalized spacial score (nSPS) is 20.1. The number of nitrogens with zero attached hydrogens (tertiary/aromatic N) is 5. The van der Waals surface area contributed by atoms with Crippen molar-refractivity contribution in [1.82, 2.24) is 14.8 Å². The van der Waals surface area contributed by atoms with Crippen molar-refractivity contribution >= 4 is 16.7 Å². The summed E-state index contributed by atoms with van der Waals surface area (Å²) in [6, 6.07) is 12.8. The lowest BCUT2D eigenvalue weighted by molar-refractivity contribution is 0.173. The first-order valence-electron chi connectivity index (χ1n) is 10.1. The maximum absolute atomic E-state index is 9.30. The number of nitriles is 1. The van der Waals surface area contributed by atoms with Crippen LogP contribution < -0.4 is 9.64 Å². The summed E-state index contributed by atoms with van der Waals surface area (Å²) in [4.78, 5) is 2.13. The molecule has 4 heterocycles. The summed E-state index contributed by atoms with van der Waals surface area (Å²) in [6.45, 7) is 3.21. The summed E-state index contributed by atoms with van der Waals surface area (Å²) in [5, 5.41) is 18.6. The molecule has 2 fully saturated rings. The monoisotopic (exact) mass is 389 g/mol. The van der Waals surface area contributed by atoms with Crippen LogP contribution in [-0.2, 0) is 4.74 Å². The second kappa shape index (κ2) is 7.72. The third kappa shape index (κ3) is 3.40. The van der Waals surface area contributed by atoms with Crippen LogP contribution in [0.15, 0.2) is 42.7 Å². The van der Waals surface area contributed by atoms with Gasteiger partial charge in [0.2, 0.25) is 0 Å². The van der Waals surface area contributed by atoms with Gasteiger partial charge in [0.25, 0.3) is 0 Å². The van der Waals surface area contributed by atoms with Crippen molar-refractivity contribution in [3.05, 3.63) is 48.3 Å².